The van der Waals surface area contributed by atoms with Crippen LogP contribution in [0, 0.1) is 0 Å². The van der Waals surface area contributed by atoms with Gasteiger partial charge in [-0.1, -0.05) is 12.1 Å². The minimum atomic E-state index is -0.413. The number of fused-ring (bicyclic) bond motifs is 1. The first-order valence-electron chi connectivity index (χ1n) is 7.63. The molecule has 0 aromatic heterocycles. The van der Waals surface area contributed by atoms with Crippen LogP contribution >= 0.6 is 11.8 Å². The lowest BCUT2D eigenvalue weighted by atomic mass is 10.2. The highest BCUT2D eigenvalue weighted by Gasteiger charge is 2.20. The third kappa shape index (κ3) is 3.88. The third-order valence-corrected chi connectivity index (χ3v) is 4.75. The average molecular weight is 359 g/mol. The van der Waals surface area contributed by atoms with E-state index in [2.05, 4.69) is 5.32 Å². The van der Waals surface area contributed by atoms with Gasteiger partial charge in [-0.15, -0.1) is 11.8 Å². The van der Waals surface area contributed by atoms with E-state index in [9.17, 15) is 9.59 Å². The molecule has 0 spiro atoms. The van der Waals surface area contributed by atoms with Crippen LogP contribution in [0.2, 0.25) is 0 Å². The maximum atomic E-state index is 12.6. The van der Waals surface area contributed by atoms with Crippen LogP contribution in [0.15, 0.2) is 47.4 Å². The summed E-state index contributed by atoms with van der Waals surface area (Å²) >= 11 is 1.28. The van der Waals surface area contributed by atoms with Gasteiger partial charge in [0.05, 0.1) is 12.7 Å². The van der Waals surface area contributed by atoms with Gasteiger partial charge in [-0.2, -0.15) is 0 Å². The van der Waals surface area contributed by atoms with Crippen LogP contribution in [0.5, 0.6) is 11.5 Å². The Hall–Kier alpha value is -2.67. The number of esters is 1. The lowest BCUT2D eigenvalue weighted by molar-refractivity contribution is -0.139. The minimum Gasteiger partial charge on any atom is -0.468 e. The van der Waals surface area contributed by atoms with Crippen LogP contribution in [-0.4, -0.2) is 31.0 Å². The second-order valence-corrected chi connectivity index (χ2v) is 6.68. The summed E-state index contributed by atoms with van der Waals surface area (Å²) in [6, 6.07) is 12.3. The number of anilines is 1. The summed E-state index contributed by atoms with van der Waals surface area (Å²) in [5.74, 6) is 0.649. The maximum Gasteiger partial charge on any atom is 0.318 e. The van der Waals surface area contributed by atoms with Crippen molar-refractivity contribution >= 4 is 29.3 Å². The standard InChI is InChI=1S/C18H17NO5S/c1-11(18(21)22-2)25-16-6-4-3-5-13(16)17(20)19-12-7-8-14-15(9-12)24-10-23-14/h3-9,11H,10H2,1-2H3,(H,19,20)/t11-/m0/s1. The molecule has 0 aliphatic carbocycles. The number of benzene rings is 2. The van der Waals surface area contributed by atoms with E-state index >= 15 is 0 Å². The lowest BCUT2D eigenvalue weighted by Gasteiger charge is -2.13. The molecule has 1 heterocycles. The van der Waals surface area contributed by atoms with E-state index in [-0.39, 0.29) is 18.7 Å². The number of hydrogen-bond acceptors (Lipinski definition) is 6. The fourth-order valence-corrected chi connectivity index (χ4v) is 3.35. The summed E-state index contributed by atoms with van der Waals surface area (Å²) in [4.78, 5) is 25.0. The zero-order valence-electron chi connectivity index (χ0n) is 13.8. The number of thioether (sulfide) groups is 1. The zero-order valence-corrected chi connectivity index (χ0v) is 14.6. The molecule has 2 aromatic rings. The number of nitrogens with one attached hydrogen (secondary N) is 1. The number of amides is 1. The molecule has 25 heavy (non-hydrogen) atoms. The fourth-order valence-electron chi connectivity index (χ4n) is 2.33. The van der Waals surface area contributed by atoms with Crippen LogP contribution in [0.25, 0.3) is 0 Å². The first-order valence-corrected chi connectivity index (χ1v) is 8.51. The van der Waals surface area contributed by atoms with Crippen molar-refractivity contribution in [1.29, 1.82) is 0 Å². The van der Waals surface area contributed by atoms with Gasteiger partial charge in [0.1, 0.15) is 5.25 Å². The summed E-state index contributed by atoms with van der Waals surface area (Å²) < 4.78 is 15.3. The average Bonchev–Trinajstić information content (AvgIpc) is 3.09. The molecule has 7 heteroatoms. The summed E-state index contributed by atoms with van der Waals surface area (Å²) in [6.07, 6.45) is 0. The number of carbonyl (C=O) groups excluding carboxylic acids is 2. The number of rotatable bonds is 5. The summed E-state index contributed by atoms with van der Waals surface area (Å²) in [5, 5.41) is 2.43. The van der Waals surface area contributed by atoms with Crippen LogP contribution in [0.1, 0.15) is 17.3 Å². The van der Waals surface area contributed by atoms with Gasteiger partial charge >= 0.3 is 5.97 Å². The zero-order chi connectivity index (χ0) is 17.8. The van der Waals surface area contributed by atoms with Gasteiger partial charge in [-0.05, 0) is 31.2 Å². The molecule has 0 radical (unpaired) electrons. The first-order chi connectivity index (χ1) is 12.1. The number of hydrogen-bond donors (Lipinski definition) is 1. The van der Waals surface area contributed by atoms with E-state index < -0.39 is 5.25 Å². The lowest BCUT2D eigenvalue weighted by Crippen LogP contribution is -2.17. The predicted molar refractivity (Wildman–Crippen MR) is 94.3 cm³/mol. The number of methoxy groups -OCH3 is 1. The van der Waals surface area contributed by atoms with Gasteiger partial charge in [0, 0.05) is 16.6 Å². The maximum absolute atomic E-state index is 12.6. The fraction of sp³-hybridized carbons (Fsp3) is 0.222. The van der Waals surface area contributed by atoms with Crippen molar-refractivity contribution in [3.8, 4) is 11.5 Å². The Kier molecular flexibility index (Phi) is 5.14. The SMILES string of the molecule is COC(=O)[C@H](C)Sc1ccccc1C(=O)Nc1ccc2c(c1)OCO2. The Morgan fingerprint density at radius 1 is 1.16 bits per heavy atom. The Labute approximate surface area is 149 Å². The molecule has 0 unspecified atom stereocenters. The minimum absolute atomic E-state index is 0.178. The molecule has 1 aliphatic rings. The van der Waals surface area contributed by atoms with Crippen molar-refractivity contribution in [1.82, 2.24) is 0 Å². The van der Waals surface area contributed by atoms with E-state index in [1.165, 1.54) is 18.9 Å². The van der Waals surface area contributed by atoms with Crippen LogP contribution in [0.3, 0.4) is 0 Å². The van der Waals surface area contributed by atoms with E-state index in [4.69, 9.17) is 14.2 Å². The van der Waals surface area contributed by atoms with Gasteiger partial charge in [0.2, 0.25) is 6.79 Å². The van der Waals surface area contributed by atoms with E-state index in [0.717, 1.165) is 0 Å². The van der Waals surface area contributed by atoms with Crippen molar-refractivity contribution in [3.05, 3.63) is 48.0 Å². The molecular formula is C18H17NO5S. The topological polar surface area (TPSA) is 73.9 Å². The van der Waals surface area contributed by atoms with Crippen molar-refractivity contribution in [2.24, 2.45) is 0 Å². The molecule has 0 saturated carbocycles. The van der Waals surface area contributed by atoms with Crippen LogP contribution in [0.4, 0.5) is 5.69 Å². The highest BCUT2D eigenvalue weighted by molar-refractivity contribution is 8.00. The molecule has 0 saturated heterocycles. The van der Waals surface area contributed by atoms with Gasteiger partial charge in [-0.25, -0.2) is 0 Å². The second-order valence-electron chi connectivity index (χ2n) is 5.30. The molecule has 0 fully saturated rings. The van der Waals surface area contributed by atoms with E-state index in [1.54, 1.807) is 43.3 Å². The molecule has 1 N–H and O–H groups in total. The Balaban J connectivity index is 1.77. The van der Waals surface area contributed by atoms with Crippen LogP contribution in [-0.2, 0) is 9.53 Å². The number of carbonyl (C=O) groups is 2. The number of ether oxygens (including phenoxy) is 3. The quantitative estimate of drug-likeness (QED) is 0.652. The summed E-state index contributed by atoms with van der Waals surface area (Å²) in [7, 11) is 1.34. The van der Waals surface area contributed by atoms with Crippen molar-refractivity contribution in [3.63, 3.8) is 0 Å². The third-order valence-electron chi connectivity index (χ3n) is 3.60. The summed E-state index contributed by atoms with van der Waals surface area (Å²) in [5.41, 5.74) is 1.09. The first kappa shape index (κ1) is 17.2. The van der Waals surface area contributed by atoms with Crippen molar-refractivity contribution in [2.45, 2.75) is 17.1 Å². The highest BCUT2D eigenvalue weighted by atomic mass is 32.2. The van der Waals surface area contributed by atoms with Crippen molar-refractivity contribution < 1.29 is 23.8 Å². The molecule has 2 aromatic carbocycles. The molecule has 1 aliphatic heterocycles. The van der Waals surface area contributed by atoms with E-state index in [0.29, 0.717) is 27.6 Å². The molecule has 0 bridgehead atoms. The smallest absolute Gasteiger partial charge is 0.318 e. The van der Waals surface area contributed by atoms with Gasteiger partial charge < -0.3 is 19.5 Å². The Morgan fingerprint density at radius 2 is 1.92 bits per heavy atom. The molecule has 130 valence electrons. The van der Waals surface area contributed by atoms with Crippen molar-refractivity contribution in [2.75, 3.05) is 19.2 Å². The van der Waals surface area contributed by atoms with E-state index in [1.807, 2.05) is 6.07 Å². The monoisotopic (exact) mass is 359 g/mol. The Morgan fingerprint density at radius 3 is 2.72 bits per heavy atom. The summed E-state index contributed by atoms with van der Waals surface area (Å²) in [6.45, 7) is 1.92. The largest absolute Gasteiger partial charge is 0.468 e. The second kappa shape index (κ2) is 7.48. The van der Waals surface area contributed by atoms with Gasteiger partial charge in [-0.3, -0.25) is 9.59 Å². The highest BCUT2D eigenvalue weighted by Crippen LogP contribution is 2.34. The van der Waals surface area contributed by atoms with Gasteiger partial charge in [0.15, 0.2) is 11.5 Å². The normalized spacial score (nSPS) is 13.2. The molecule has 1 atom stereocenters. The predicted octanol–water partition coefficient (Wildman–Crippen LogP) is 3.32. The molecule has 3 rings (SSSR count). The molecule has 6 nitrogen and oxygen atoms in total. The van der Waals surface area contributed by atoms with Gasteiger partial charge in [0.25, 0.3) is 5.91 Å². The molecular weight excluding hydrogens is 342 g/mol. The van der Waals surface area contributed by atoms with Crippen LogP contribution < -0.4 is 14.8 Å². The molecule has 1 amide bonds. The Bertz CT molecular complexity index is 808.